The lowest BCUT2D eigenvalue weighted by Crippen LogP contribution is -2.39. The number of pyridine rings is 1. The Morgan fingerprint density at radius 3 is 2.96 bits per heavy atom. The van der Waals surface area contributed by atoms with Gasteiger partial charge in [0.1, 0.15) is 0 Å². The van der Waals surface area contributed by atoms with E-state index in [-0.39, 0.29) is 24.3 Å². The third-order valence-corrected chi connectivity index (χ3v) is 3.99. The van der Waals surface area contributed by atoms with Gasteiger partial charge in [-0.1, -0.05) is 25.1 Å². The van der Waals surface area contributed by atoms with Crippen LogP contribution < -0.4 is 15.5 Å². The average Bonchev–Trinajstić information content (AvgIpc) is 2.71. The van der Waals surface area contributed by atoms with Crippen molar-refractivity contribution in [3.63, 3.8) is 0 Å². The molecule has 0 spiro atoms. The lowest BCUT2D eigenvalue weighted by molar-refractivity contribution is -0.121. The van der Waals surface area contributed by atoms with Gasteiger partial charge < -0.3 is 15.5 Å². The number of benzene rings is 1. The molecule has 1 aromatic heterocycles. The number of carbonyl (C=O) groups is 2. The Bertz CT molecular complexity index is 733. The number of aromatic nitrogens is 1. The van der Waals surface area contributed by atoms with Crippen molar-refractivity contribution in [2.45, 2.75) is 13.5 Å². The minimum Gasteiger partial charge on any atom is -0.360 e. The molecule has 0 saturated carbocycles. The van der Waals surface area contributed by atoms with Crippen molar-refractivity contribution in [1.82, 2.24) is 10.3 Å². The van der Waals surface area contributed by atoms with Crippen molar-refractivity contribution in [2.75, 3.05) is 23.3 Å². The van der Waals surface area contributed by atoms with Gasteiger partial charge in [-0.3, -0.25) is 14.6 Å². The van der Waals surface area contributed by atoms with Gasteiger partial charge >= 0.3 is 0 Å². The van der Waals surface area contributed by atoms with Crippen LogP contribution in [0, 0.1) is 5.92 Å². The molecule has 0 saturated heterocycles. The molecule has 2 amide bonds. The van der Waals surface area contributed by atoms with E-state index in [1.165, 1.54) is 0 Å². The first-order chi connectivity index (χ1) is 11.6. The van der Waals surface area contributed by atoms with Crippen LogP contribution in [-0.4, -0.2) is 29.9 Å². The van der Waals surface area contributed by atoms with Gasteiger partial charge in [0, 0.05) is 25.5 Å². The number of hydrogen-bond acceptors (Lipinski definition) is 4. The van der Waals surface area contributed by atoms with E-state index in [1.807, 2.05) is 48.2 Å². The van der Waals surface area contributed by atoms with Gasteiger partial charge in [0.15, 0.2) is 0 Å². The Labute approximate surface area is 140 Å². The first-order valence-corrected chi connectivity index (χ1v) is 7.94. The van der Waals surface area contributed by atoms with E-state index in [0.717, 1.165) is 16.9 Å². The topological polar surface area (TPSA) is 74.3 Å². The van der Waals surface area contributed by atoms with Gasteiger partial charge in [-0.15, -0.1) is 0 Å². The average molecular weight is 324 g/mol. The highest BCUT2D eigenvalue weighted by Gasteiger charge is 2.25. The molecule has 0 radical (unpaired) electrons. The Morgan fingerprint density at radius 2 is 2.17 bits per heavy atom. The summed E-state index contributed by atoms with van der Waals surface area (Å²) in [5, 5.41) is 5.81. The van der Waals surface area contributed by atoms with E-state index in [2.05, 4.69) is 15.6 Å². The molecule has 1 aliphatic rings. The standard InChI is InChI=1S/C18H20N4O2/c1-13-11-22(16-7-3-2-6-15(16)21-18(13)24)12-17(23)20-10-14-5-4-8-19-9-14/h2-9,13H,10-12H2,1H3,(H,20,23)(H,21,24). The second kappa shape index (κ2) is 7.12. The summed E-state index contributed by atoms with van der Waals surface area (Å²) in [6, 6.07) is 11.3. The van der Waals surface area contributed by atoms with Crippen LogP contribution >= 0.6 is 0 Å². The zero-order chi connectivity index (χ0) is 16.9. The molecule has 1 aliphatic heterocycles. The Kier molecular flexibility index (Phi) is 4.74. The van der Waals surface area contributed by atoms with Crippen molar-refractivity contribution in [3.05, 3.63) is 54.4 Å². The number of fused-ring (bicyclic) bond motifs is 1. The van der Waals surface area contributed by atoms with Gasteiger partial charge in [-0.2, -0.15) is 0 Å². The summed E-state index contributed by atoms with van der Waals surface area (Å²) in [5.41, 5.74) is 2.56. The van der Waals surface area contributed by atoms with Crippen molar-refractivity contribution >= 4 is 23.2 Å². The molecular formula is C18H20N4O2. The molecule has 124 valence electrons. The van der Waals surface area contributed by atoms with Gasteiger partial charge in [0.25, 0.3) is 0 Å². The largest absolute Gasteiger partial charge is 0.360 e. The fourth-order valence-electron chi connectivity index (χ4n) is 2.71. The third-order valence-electron chi connectivity index (χ3n) is 3.99. The SMILES string of the molecule is CC1CN(CC(=O)NCc2cccnc2)c2ccccc2NC1=O. The number of amides is 2. The summed E-state index contributed by atoms with van der Waals surface area (Å²) in [5.74, 6) is -0.306. The van der Waals surface area contributed by atoms with Crippen LogP contribution in [0.2, 0.25) is 0 Å². The summed E-state index contributed by atoms with van der Waals surface area (Å²) < 4.78 is 0. The van der Waals surface area contributed by atoms with Crippen LogP contribution in [0.15, 0.2) is 48.8 Å². The molecule has 0 bridgehead atoms. The Balaban J connectivity index is 1.69. The fraction of sp³-hybridized carbons (Fsp3) is 0.278. The van der Waals surface area contributed by atoms with Crippen LogP contribution in [0.4, 0.5) is 11.4 Å². The molecule has 3 rings (SSSR count). The molecule has 0 aliphatic carbocycles. The minimum atomic E-state index is -0.191. The highest BCUT2D eigenvalue weighted by Crippen LogP contribution is 2.29. The predicted molar refractivity (Wildman–Crippen MR) is 92.5 cm³/mol. The number of rotatable bonds is 4. The highest BCUT2D eigenvalue weighted by atomic mass is 16.2. The third kappa shape index (κ3) is 3.71. The molecule has 2 aromatic rings. The maximum atomic E-state index is 12.3. The van der Waals surface area contributed by atoms with Crippen molar-refractivity contribution in [2.24, 2.45) is 5.92 Å². The van der Waals surface area contributed by atoms with E-state index < -0.39 is 0 Å². The van der Waals surface area contributed by atoms with Crippen LogP contribution in [-0.2, 0) is 16.1 Å². The first kappa shape index (κ1) is 16.0. The molecule has 6 nitrogen and oxygen atoms in total. The molecule has 1 aromatic carbocycles. The fourth-order valence-corrected chi connectivity index (χ4v) is 2.71. The molecular weight excluding hydrogens is 304 g/mol. The van der Waals surface area contributed by atoms with Crippen LogP contribution in [0.25, 0.3) is 0 Å². The summed E-state index contributed by atoms with van der Waals surface area (Å²) in [6.07, 6.45) is 3.43. The van der Waals surface area contributed by atoms with Crippen LogP contribution in [0.1, 0.15) is 12.5 Å². The van der Waals surface area contributed by atoms with Crippen molar-refractivity contribution in [1.29, 1.82) is 0 Å². The monoisotopic (exact) mass is 324 g/mol. The number of carbonyl (C=O) groups excluding carboxylic acids is 2. The number of para-hydroxylation sites is 2. The molecule has 1 unspecified atom stereocenters. The van der Waals surface area contributed by atoms with Gasteiger partial charge in [0.2, 0.25) is 11.8 Å². The number of nitrogens with one attached hydrogen (secondary N) is 2. The highest BCUT2D eigenvalue weighted by molar-refractivity contribution is 5.98. The second-order valence-corrected chi connectivity index (χ2v) is 5.93. The van der Waals surface area contributed by atoms with Crippen LogP contribution in [0.5, 0.6) is 0 Å². The second-order valence-electron chi connectivity index (χ2n) is 5.93. The molecule has 6 heteroatoms. The quantitative estimate of drug-likeness (QED) is 0.899. The first-order valence-electron chi connectivity index (χ1n) is 7.94. The van der Waals surface area contributed by atoms with E-state index in [1.54, 1.807) is 12.4 Å². The number of anilines is 2. The van der Waals surface area contributed by atoms with E-state index in [4.69, 9.17) is 0 Å². The maximum absolute atomic E-state index is 12.3. The molecule has 0 fully saturated rings. The number of hydrogen-bond donors (Lipinski definition) is 2. The normalized spacial score (nSPS) is 16.8. The summed E-state index contributed by atoms with van der Waals surface area (Å²) >= 11 is 0. The summed E-state index contributed by atoms with van der Waals surface area (Å²) in [7, 11) is 0. The lowest BCUT2D eigenvalue weighted by atomic mass is 10.1. The molecule has 2 N–H and O–H groups in total. The summed E-state index contributed by atoms with van der Waals surface area (Å²) in [4.78, 5) is 30.4. The predicted octanol–water partition coefficient (Wildman–Crippen LogP) is 1.79. The van der Waals surface area contributed by atoms with E-state index in [9.17, 15) is 9.59 Å². The molecule has 24 heavy (non-hydrogen) atoms. The van der Waals surface area contributed by atoms with Gasteiger partial charge in [-0.05, 0) is 23.8 Å². The maximum Gasteiger partial charge on any atom is 0.239 e. The minimum absolute atomic E-state index is 0.0271. The van der Waals surface area contributed by atoms with Gasteiger partial charge in [-0.25, -0.2) is 0 Å². The van der Waals surface area contributed by atoms with Crippen molar-refractivity contribution < 1.29 is 9.59 Å². The lowest BCUT2D eigenvalue weighted by Gasteiger charge is -2.24. The Morgan fingerprint density at radius 1 is 1.33 bits per heavy atom. The van der Waals surface area contributed by atoms with E-state index in [0.29, 0.717) is 13.1 Å². The Hall–Kier alpha value is -2.89. The van der Waals surface area contributed by atoms with E-state index >= 15 is 0 Å². The zero-order valence-corrected chi connectivity index (χ0v) is 13.5. The number of nitrogens with zero attached hydrogens (tertiary/aromatic N) is 2. The molecule has 2 heterocycles. The summed E-state index contributed by atoms with van der Waals surface area (Å²) in [6.45, 7) is 3.01. The molecule has 1 atom stereocenters. The van der Waals surface area contributed by atoms with Crippen molar-refractivity contribution in [3.8, 4) is 0 Å². The smallest absolute Gasteiger partial charge is 0.239 e. The zero-order valence-electron chi connectivity index (χ0n) is 13.5. The van der Waals surface area contributed by atoms with Crippen LogP contribution in [0.3, 0.4) is 0 Å². The van der Waals surface area contributed by atoms with Gasteiger partial charge in [0.05, 0.1) is 23.8 Å².